The van der Waals surface area contributed by atoms with Gasteiger partial charge in [-0.15, -0.1) is 11.3 Å². The van der Waals surface area contributed by atoms with Gasteiger partial charge in [0.25, 0.3) is 0 Å². The standard InChI is InChI=1S/C48H35NS/c1-4-13-34(14-5-1)37-23-25-38(26-24-37)39-27-29-42(30-28-39)49(46-21-12-20-45-44-19-10-11-22-47(44)50-48(45)46)43-32-40(35-15-6-2-7-16-35)31-41(33-43)36-17-8-3-9-18-36/h2-4,6-33H,1,5H2. The third-order valence-corrected chi connectivity index (χ3v) is 10.9. The molecule has 0 aliphatic heterocycles. The fourth-order valence-corrected chi connectivity index (χ4v) is 8.36. The van der Waals surface area contributed by atoms with Gasteiger partial charge in [0.05, 0.1) is 10.4 Å². The molecule has 0 saturated heterocycles. The molecule has 0 saturated carbocycles. The quantitative estimate of drug-likeness (QED) is 0.165. The van der Waals surface area contributed by atoms with Crippen LogP contribution in [0, 0.1) is 0 Å². The molecule has 50 heavy (non-hydrogen) atoms. The Labute approximate surface area is 297 Å². The van der Waals surface area contributed by atoms with Crippen LogP contribution in [0.5, 0.6) is 0 Å². The van der Waals surface area contributed by atoms with Crippen molar-refractivity contribution in [2.45, 2.75) is 12.8 Å². The molecule has 2 heteroatoms. The van der Waals surface area contributed by atoms with E-state index in [-0.39, 0.29) is 0 Å². The zero-order chi connectivity index (χ0) is 33.3. The van der Waals surface area contributed by atoms with Gasteiger partial charge in [-0.05, 0) is 99.8 Å². The second kappa shape index (κ2) is 13.2. The van der Waals surface area contributed by atoms with E-state index in [2.05, 4.69) is 193 Å². The summed E-state index contributed by atoms with van der Waals surface area (Å²) in [5, 5.41) is 2.59. The average Bonchev–Trinajstić information content (AvgIpc) is 3.59. The molecule has 0 atom stereocenters. The summed E-state index contributed by atoms with van der Waals surface area (Å²) in [5.41, 5.74) is 13.2. The van der Waals surface area contributed by atoms with Gasteiger partial charge in [-0.1, -0.05) is 146 Å². The lowest BCUT2D eigenvalue weighted by Crippen LogP contribution is -2.10. The van der Waals surface area contributed by atoms with Gasteiger partial charge in [-0.3, -0.25) is 0 Å². The zero-order valence-electron chi connectivity index (χ0n) is 27.7. The predicted octanol–water partition coefficient (Wildman–Crippen LogP) is 14.3. The van der Waals surface area contributed by atoms with Crippen molar-refractivity contribution in [1.29, 1.82) is 0 Å². The molecule has 1 nitrogen and oxygen atoms in total. The molecule has 9 rings (SSSR count). The highest BCUT2D eigenvalue weighted by Crippen LogP contribution is 2.46. The van der Waals surface area contributed by atoms with Crippen LogP contribution in [0.2, 0.25) is 0 Å². The predicted molar refractivity (Wildman–Crippen MR) is 217 cm³/mol. The number of hydrogen-bond donors (Lipinski definition) is 0. The second-order valence-corrected chi connectivity index (χ2v) is 13.9. The van der Waals surface area contributed by atoms with Gasteiger partial charge in [-0.2, -0.15) is 0 Å². The molecule has 7 aromatic carbocycles. The highest BCUT2D eigenvalue weighted by atomic mass is 32.1. The Balaban J connectivity index is 1.21. The van der Waals surface area contributed by atoms with Crippen molar-refractivity contribution in [2.24, 2.45) is 0 Å². The number of fused-ring (bicyclic) bond motifs is 3. The maximum absolute atomic E-state index is 2.45. The van der Waals surface area contributed by atoms with E-state index in [1.54, 1.807) is 0 Å². The van der Waals surface area contributed by atoms with E-state index < -0.39 is 0 Å². The number of allylic oxidation sites excluding steroid dienone is 4. The summed E-state index contributed by atoms with van der Waals surface area (Å²) in [6, 6.07) is 62.0. The van der Waals surface area contributed by atoms with E-state index in [1.807, 2.05) is 11.3 Å². The number of thiophene rings is 1. The number of anilines is 3. The first-order chi connectivity index (χ1) is 24.8. The third-order valence-electron chi connectivity index (χ3n) is 9.69. The molecule has 0 unspecified atom stereocenters. The molecule has 238 valence electrons. The largest absolute Gasteiger partial charge is 0.309 e. The Kier molecular flexibility index (Phi) is 7.93. The number of nitrogens with zero attached hydrogens (tertiary/aromatic N) is 1. The Morgan fingerprint density at radius 2 is 1.00 bits per heavy atom. The molecule has 0 amide bonds. The fraction of sp³-hybridized carbons (Fsp3) is 0.0417. The van der Waals surface area contributed by atoms with Crippen molar-refractivity contribution >= 4 is 54.1 Å². The number of benzene rings is 7. The van der Waals surface area contributed by atoms with Gasteiger partial charge in [0.2, 0.25) is 0 Å². The van der Waals surface area contributed by atoms with Crippen molar-refractivity contribution in [3.8, 4) is 33.4 Å². The highest BCUT2D eigenvalue weighted by molar-refractivity contribution is 7.26. The lowest BCUT2D eigenvalue weighted by atomic mass is 9.96. The molecule has 0 N–H and O–H groups in total. The van der Waals surface area contributed by atoms with Crippen LogP contribution in [0.1, 0.15) is 18.4 Å². The minimum atomic E-state index is 1.11. The minimum Gasteiger partial charge on any atom is -0.309 e. The van der Waals surface area contributed by atoms with Crippen molar-refractivity contribution in [1.82, 2.24) is 0 Å². The highest BCUT2D eigenvalue weighted by Gasteiger charge is 2.20. The average molecular weight is 658 g/mol. The molecule has 1 aliphatic rings. The lowest BCUT2D eigenvalue weighted by Gasteiger charge is -2.27. The van der Waals surface area contributed by atoms with Crippen molar-refractivity contribution in [3.63, 3.8) is 0 Å². The van der Waals surface area contributed by atoms with Crippen LogP contribution < -0.4 is 4.90 Å². The molecule has 0 spiro atoms. The molecule has 1 aromatic heterocycles. The summed E-state index contributed by atoms with van der Waals surface area (Å²) in [7, 11) is 0. The molecule has 8 aromatic rings. The van der Waals surface area contributed by atoms with Crippen LogP contribution in [0.25, 0.3) is 59.1 Å². The summed E-state index contributed by atoms with van der Waals surface area (Å²) < 4.78 is 2.59. The van der Waals surface area contributed by atoms with Crippen LogP contribution in [0.4, 0.5) is 17.1 Å². The van der Waals surface area contributed by atoms with E-state index in [9.17, 15) is 0 Å². The van der Waals surface area contributed by atoms with E-state index in [0.29, 0.717) is 0 Å². The number of hydrogen-bond acceptors (Lipinski definition) is 2. The van der Waals surface area contributed by atoms with Crippen molar-refractivity contribution in [3.05, 3.63) is 194 Å². The van der Waals surface area contributed by atoms with Crippen molar-refractivity contribution in [2.75, 3.05) is 4.90 Å². The van der Waals surface area contributed by atoms with Crippen molar-refractivity contribution < 1.29 is 0 Å². The smallest absolute Gasteiger partial charge is 0.0640 e. The van der Waals surface area contributed by atoms with Crippen LogP contribution in [-0.2, 0) is 0 Å². The Morgan fingerprint density at radius 3 is 1.66 bits per heavy atom. The zero-order valence-corrected chi connectivity index (χ0v) is 28.5. The number of rotatable bonds is 7. The summed E-state index contributed by atoms with van der Waals surface area (Å²) in [5.74, 6) is 0. The first-order valence-electron chi connectivity index (χ1n) is 17.3. The fourth-order valence-electron chi connectivity index (χ4n) is 7.16. The monoisotopic (exact) mass is 657 g/mol. The summed E-state index contributed by atoms with van der Waals surface area (Å²) in [6.45, 7) is 0. The molecular weight excluding hydrogens is 623 g/mol. The van der Waals surface area contributed by atoms with Gasteiger partial charge in [0.15, 0.2) is 0 Å². The molecule has 0 bridgehead atoms. The summed E-state index contributed by atoms with van der Waals surface area (Å²) in [6.07, 6.45) is 9.10. The maximum atomic E-state index is 2.45. The molecule has 0 fully saturated rings. The van der Waals surface area contributed by atoms with Gasteiger partial charge < -0.3 is 4.90 Å². The molecular formula is C48H35NS. The van der Waals surface area contributed by atoms with Crippen LogP contribution in [-0.4, -0.2) is 0 Å². The summed E-state index contributed by atoms with van der Waals surface area (Å²) in [4.78, 5) is 2.45. The Hall–Kier alpha value is -5.96. The van der Waals surface area contributed by atoms with Gasteiger partial charge in [0.1, 0.15) is 0 Å². The van der Waals surface area contributed by atoms with Gasteiger partial charge in [-0.25, -0.2) is 0 Å². The topological polar surface area (TPSA) is 3.24 Å². The SMILES string of the molecule is C1=CC(c2ccc(-c3ccc(N(c4cc(-c5ccccc5)cc(-c5ccccc5)c4)c4cccc5c4sc4ccccc45)cc3)cc2)=CCC1. The van der Waals surface area contributed by atoms with E-state index >= 15 is 0 Å². The first-order valence-corrected chi connectivity index (χ1v) is 18.1. The molecule has 0 radical (unpaired) electrons. The lowest BCUT2D eigenvalue weighted by molar-refractivity contribution is 1.04. The van der Waals surface area contributed by atoms with Crippen LogP contribution in [0.15, 0.2) is 188 Å². The molecule has 1 heterocycles. The van der Waals surface area contributed by atoms with E-state index in [1.165, 1.54) is 70.4 Å². The van der Waals surface area contributed by atoms with E-state index in [0.717, 1.165) is 24.2 Å². The van der Waals surface area contributed by atoms with Gasteiger partial charge >= 0.3 is 0 Å². The van der Waals surface area contributed by atoms with E-state index in [4.69, 9.17) is 0 Å². The molecule has 1 aliphatic carbocycles. The Morgan fingerprint density at radius 1 is 0.420 bits per heavy atom. The maximum Gasteiger partial charge on any atom is 0.0640 e. The normalized spacial score (nSPS) is 12.7. The Bertz CT molecular complexity index is 2450. The van der Waals surface area contributed by atoms with Crippen LogP contribution in [0.3, 0.4) is 0 Å². The minimum absolute atomic E-state index is 1.11. The third kappa shape index (κ3) is 5.74. The first kappa shape index (κ1) is 30.1. The summed E-state index contributed by atoms with van der Waals surface area (Å²) >= 11 is 1.87. The van der Waals surface area contributed by atoms with Gasteiger partial charge in [0, 0.05) is 26.8 Å². The second-order valence-electron chi connectivity index (χ2n) is 12.9. The van der Waals surface area contributed by atoms with Crippen LogP contribution >= 0.6 is 11.3 Å².